The summed E-state index contributed by atoms with van der Waals surface area (Å²) < 4.78 is 36.7. The molecule has 4 rings (SSSR count). The van der Waals surface area contributed by atoms with E-state index in [0.717, 1.165) is 25.9 Å². The van der Waals surface area contributed by atoms with Crippen molar-refractivity contribution in [2.75, 3.05) is 33.4 Å². The van der Waals surface area contributed by atoms with Gasteiger partial charge in [-0.1, -0.05) is 0 Å². The van der Waals surface area contributed by atoms with Crippen molar-refractivity contribution in [3.63, 3.8) is 0 Å². The van der Waals surface area contributed by atoms with Crippen LogP contribution >= 0.6 is 0 Å². The van der Waals surface area contributed by atoms with E-state index in [1.54, 1.807) is 6.07 Å². The molecular formula is C21H23FN4O4. The minimum Gasteiger partial charge on any atom is -0.495 e. The molecule has 2 aromatic heterocycles. The van der Waals surface area contributed by atoms with Crippen LogP contribution < -0.4 is 18.9 Å². The average molecular weight is 414 g/mol. The van der Waals surface area contributed by atoms with Crippen LogP contribution in [0, 0.1) is 17.1 Å². The third-order valence-corrected chi connectivity index (χ3v) is 5.40. The SMILES string of the molecule is COc1cc(OC2CCN(C(C)c3nc4c(cc3F)OCCO4)CC2)ncc1C#N. The number of halogens is 1. The molecule has 0 radical (unpaired) electrons. The standard InChI is InChI=1S/C21H23FN4O4/c1-13(20-16(22)9-18-21(25-20)29-8-7-28-18)26-5-3-15(4-6-26)30-19-10-17(27-2)14(11-23)12-24-19/h9-10,12-13,15H,3-8H2,1-2H3. The fraction of sp³-hybridized carbons (Fsp3) is 0.476. The van der Waals surface area contributed by atoms with E-state index in [0.29, 0.717) is 47.7 Å². The van der Waals surface area contributed by atoms with Crippen LogP contribution in [0.25, 0.3) is 0 Å². The normalized spacial score (nSPS) is 17.8. The van der Waals surface area contributed by atoms with Gasteiger partial charge in [-0.3, -0.25) is 4.90 Å². The van der Waals surface area contributed by atoms with Gasteiger partial charge in [-0.2, -0.15) is 5.26 Å². The molecule has 2 aliphatic rings. The Balaban J connectivity index is 1.38. The molecule has 0 saturated carbocycles. The van der Waals surface area contributed by atoms with Gasteiger partial charge in [-0.25, -0.2) is 14.4 Å². The molecule has 4 heterocycles. The maximum absolute atomic E-state index is 14.6. The summed E-state index contributed by atoms with van der Waals surface area (Å²) in [5, 5.41) is 9.06. The summed E-state index contributed by atoms with van der Waals surface area (Å²) in [6, 6.07) is 4.81. The van der Waals surface area contributed by atoms with Crippen molar-refractivity contribution < 1.29 is 23.3 Å². The van der Waals surface area contributed by atoms with Gasteiger partial charge in [-0.05, 0) is 19.8 Å². The molecule has 8 nitrogen and oxygen atoms in total. The van der Waals surface area contributed by atoms with Gasteiger partial charge in [-0.15, -0.1) is 0 Å². The van der Waals surface area contributed by atoms with Crippen LogP contribution in [0.15, 0.2) is 18.3 Å². The van der Waals surface area contributed by atoms with E-state index in [2.05, 4.69) is 14.9 Å². The smallest absolute Gasteiger partial charge is 0.257 e. The topological polar surface area (TPSA) is 89.7 Å². The molecule has 158 valence electrons. The number of nitriles is 1. The second-order valence-electron chi connectivity index (χ2n) is 7.22. The van der Waals surface area contributed by atoms with Crippen molar-refractivity contribution in [1.29, 1.82) is 5.26 Å². The summed E-state index contributed by atoms with van der Waals surface area (Å²) in [5.41, 5.74) is 0.722. The lowest BCUT2D eigenvalue weighted by atomic mass is 10.0. The number of pyridine rings is 2. The van der Waals surface area contributed by atoms with Crippen molar-refractivity contribution >= 4 is 0 Å². The number of hydrogen-bond acceptors (Lipinski definition) is 8. The van der Waals surface area contributed by atoms with Gasteiger partial charge >= 0.3 is 0 Å². The zero-order valence-corrected chi connectivity index (χ0v) is 16.9. The number of nitrogens with zero attached hydrogens (tertiary/aromatic N) is 4. The molecular weight excluding hydrogens is 391 g/mol. The Kier molecular flexibility index (Phi) is 5.86. The minimum absolute atomic E-state index is 0.0170. The Morgan fingerprint density at radius 2 is 2.03 bits per heavy atom. The number of rotatable bonds is 5. The first kappa shape index (κ1) is 20.2. The van der Waals surface area contributed by atoms with Gasteiger partial charge in [0.25, 0.3) is 5.88 Å². The summed E-state index contributed by atoms with van der Waals surface area (Å²) in [6.45, 7) is 4.21. The number of aromatic nitrogens is 2. The monoisotopic (exact) mass is 414 g/mol. The van der Waals surface area contributed by atoms with Crippen LogP contribution in [0.2, 0.25) is 0 Å². The summed E-state index contributed by atoms with van der Waals surface area (Å²) in [6.07, 6.45) is 2.96. The molecule has 0 aromatic carbocycles. The molecule has 0 N–H and O–H groups in total. The molecule has 2 aromatic rings. The first-order valence-corrected chi connectivity index (χ1v) is 9.90. The van der Waals surface area contributed by atoms with Crippen LogP contribution in [0.1, 0.15) is 37.1 Å². The Morgan fingerprint density at radius 1 is 1.27 bits per heavy atom. The summed E-state index contributed by atoms with van der Waals surface area (Å²) in [5.74, 6) is 1.18. The van der Waals surface area contributed by atoms with Gasteiger partial charge in [0.2, 0.25) is 5.88 Å². The van der Waals surface area contributed by atoms with Gasteiger partial charge in [0, 0.05) is 25.2 Å². The van der Waals surface area contributed by atoms with Crippen LogP contribution in [-0.4, -0.2) is 54.4 Å². The van der Waals surface area contributed by atoms with Crippen molar-refractivity contribution in [1.82, 2.24) is 14.9 Å². The number of ether oxygens (including phenoxy) is 4. The van der Waals surface area contributed by atoms with Gasteiger partial charge in [0.1, 0.15) is 42.5 Å². The van der Waals surface area contributed by atoms with Gasteiger partial charge in [0.15, 0.2) is 5.75 Å². The number of likely N-dealkylation sites (tertiary alicyclic amines) is 1. The van der Waals surface area contributed by atoms with Crippen molar-refractivity contribution in [3.8, 4) is 29.3 Å². The fourth-order valence-electron chi connectivity index (χ4n) is 3.72. The molecule has 0 bridgehead atoms. The molecule has 9 heteroatoms. The first-order valence-electron chi connectivity index (χ1n) is 9.90. The molecule has 0 spiro atoms. The van der Waals surface area contributed by atoms with Crippen molar-refractivity contribution in [2.24, 2.45) is 0 Å². The molecule has 1 fully saturated rings. The molecule has 1 atom stereocenters. The molecule has 0 amide bonds. The van der Waals surface area contributed by atoms with Gasteiger partial charge < -0.3 is 18.9 Å². The average Bonchev–Trinajstić information content (AvgIpc) is 2.78. The maximum Gasteiger partial charge on any atom is 0.257 e. The van der Waals surface area contributed by atoms with Crippen LogP contribution in [0.4, 0.5) is 4.39 Å². The zero-order chi connectivity index (χ0) is 21.1. The zero-order valence-electron chi connectivity index (χ0n) is 16.9. The molecule has 2 aliphatic heterocycles. The molecule has 0 aliphatic carbocycles. The third kappa shape index (κ3) is 4.09. The highest BCUT2D eigenvalue weighted by Crippen LogP contribution is 2.34. The van der Waals surface area contributed by atoms with E-state index in [4.69, 9.17) is 24.2 Å². The van der Waals surface area contributed by atoms with E-state index in [9.17, 15) is 4.39 Å². The van der Waals surface area contributed by atoms with Crippen molar-refractivity contribution in [2.45, 2.75) is 31.9 Å². The lowest BCUT2D eigenvalue weighted by Crippen LogP contribution is -2.40. The van der Waals surface area contributed by atoms with E-state index >= 15 is 0 Å². The third-order valence-electron chi connectivity index (χ3n) is 5.40. The van der Waals surface area contributed by atoms with E-state index in [1.807, 2.05) is 13.0 Å². The van der Waals surface area contributed by atoms with Crippen LogP contribution in [0.3, 0.4) is 0 Å². The quantitative estimate of drug-likeness (QED) is 0.738. The molecule has 1 saturated heterocycles. The molecule has 30 heavy (non-hydrogen) atoms. The van der Waals surface area contributed by atoms with E-state index in [-0.39, 0.29) is 18.0 Å². The Bertz CT molecular complexity index is 957. The Morgan fingerprint density at radius 3 is 2.77 bits per heavy atom. The fourth-order valence-corrected chi connectivity index (χ4v) is 3.72. The van der Waals surface area contributed by atoms with Crippen molar-refractivity contribution in [3.05, 3.63) is 35.4 Å². The minimum atomic E-state index is -0.390. The first-order chi connectivity index (χ1) is 14.6. The summed E-state index contributed by atoms with van der Waals surface area (Å²) in [4.78, 5) is 10.7. The van der Waals surface area contributed by atoms with Crippen LogP contribution in [0.5, 0.6) is 23.3 Å². The van der Waals surface area contributed by atoms with Crippen LogP contribution in [-0.2, 0) is 0 Å². The van der Waals surface area contributed by atoms with Gasteiger partial charge in [0.05, 0.1) is 25.0 Å². The second kappa shape index (κ2) is 8.71. The summed E-state index contributed by atoms with van der Waals surface area (Å²) >= 11 is 0. The number of hydrogen-bond donors (Lipinski definition) is 0. The highest BCUT2D eigenvalue weighted by Gasteiger charge is 2.29. The lowest BCUT2D eigenvalue weighted by Gasteiger charge is -2.35. The number of fused-ring (bicyclic) bond motifs is 1. The predicted molar refractivity (Wildman–Crippen MR) is 104 cm³/mol. The predicted octanol–water partition coefficient (Wildman–Crippen LogP) is 2.87. The number of methoxy groups -OCH3 is 1. The molecule has 1 unspecified atom stereocenters. The maximum atomic E-state index is 14.6. The van der Waals surface area contributed by atoms with E-state index < -0.39 is 0 Å². The summed E-state index contributed by atoms with van der Waals surface area (Å²) in [7, 11) is 1.50. The largest absolute Gasteiger partial charge is 0.495 e. The highest BCUT2D eigenvalue weighted by molar-refractivity contribution is 5.43. The number of piperidine rings is 1. The Labute approximate surface area is 174 Å². The Hall–Kier alpha value is -3.12. The highest BCUT2D eigenvalue weighted by atomic mass is 19.1. The second-order valence-corrected chi connectivity index (χ2v) is 7.22. The van der Waals surface area contributed by atoms with E-state index in [1.165, 1.54) is 19.4 Å². The lowest BCUT2D eigenvalue weighted by molar-refractivity contribution is 0.0740.